The number of aromatic nitrogens is 2. The first-order valence-corrected chi connectivity index (χ1v) is 11.0. The zero-order chi connectivity index (χ0) is 19.7. The number of methoxy groups -OCH3 is 1. The number of amides is 1. The van der Waals surface area contributed by atoms with E-state index < -0.39 is 0 Å². The number of anilines is 1. The molecule has 0 unspecified atom stereocenters. The first-order chi connectivity index (χ1) is 13.6. The molecule has 0 aliphatic carbocycles. The average molecular weight is 455 g/mol. The number of halogens is 2. The highest BCUT2D eigenvalue weighted by atomic mass is 35.5. The SMILES string of the molecule is COc1c(Cl)ccc(Cl)c1C(=O)N1CCN(c2nnc(-c3cccs3)s2)CC1. The molecule has 1 aliphatic heterocycles. The van der Waals surface area contributed by atoms with Crippen molar-refractivity contribution in [3.63, 3.8) is 0 Å². The second-order valence-electron chi connectivity index (χ2n) is 6.08. The van der Waals surface area contributed by atoms with Crippen molar-refractivity contribution in [2.45, 2.75) is 0 Å². The van der Waals surface area contributed by atoms with Gasteiger partial charge in [-0.15, -0.1) is 21.5 Å². The molecule has 3 heterocycles. The van der Waals surface area contributed by atoms with E-state index in [1.165, 1.54) is 7.11 Å². The predicted molar refractivity (Wildman–Crippen MR) is 114 cm³/mol. The Kier molecular flexibility index (Phi) is 5.73. The van der Waals surface area contributed by atoms with Crippen LogP contribution in [0.1, 0.15) is 10.4 Å². The molecule has 1 aromatic carbocycles. The van der Waals surface area contributed by atoms with Crippen LogP contribution in [0.5, 0.6) is 5.75 Å². The Morgan fingerprint density at radius 3 is 2.54 bits per heavy atom. The minimum Gasteiger partial charge on any atom is -0.494 e. The van der Waals surface area contributed by atoms with E-state index in [-0.39, 0.29) is 5.91 Å². The van der Waals surface area contributed by atoms with Crippen LogP contribution in [-0.4, -0.2) is 54.3 Å². The van der Waals surface area contributed by atoms with Crippen LogP contribution in [0, 0.1) is 0 Å². The highest BCUT2D eigenvalue weighted by Crippen LogP contribution is 2.35. The summed E-state index contributed by atoms with van der Waals surface area (Å²) in [5.41, 5.74) is 0.306. The Balaban J connectivity index is 1.46. The Morgan fingerprint density at radius 2 is 1.86 bits per heavy atom. The van der Waals surface area contributed by atoms with Crippen molar-refractivity contribution in [3.05, 3.63) is 45.3 Å². The molecule has 2 aromatic heterocycles. The quantitative estimate of drug-likeness (QED) is 0.578. The number of nitrogens with zero attached hydrogens (tertiary/aromatic N) is 4. The number of hydrogen-bond acceptors (Lipinski definition) is 7. The Morgan fingerprint density at radius 1 is 1.11 bits per heavy atom. The highest BCUT2D eigenvalue weighted by Gasteiger charge is 2.28. The predicted octanol–water partition coefficient (Wildman–Crippen LogP) is 4.54. The van der Waals surface area contributed by atoms with Gasteiger partial charge in [0.25, 0.3) is 5.91 Å². The first-order valence-electron chi connectivity index (χ1n) is 8.52. The summed E-state index contributed by atoms with van der Waals surface area (Å²) in [6, 6.07) is 7.27. The van der Waals surface area contributed by atoms with E-state index in [1.54, 1.807) is 39.7 Å². The summed E-state index contributed by atoms with van der Waals surface area (Å²) >= 11 is 15.6. The van der Waals surface area contributed by atoms with Gasteiger partial charge < -0.3 is 14.5 Å². The number of rotatable bonds is 4. The maximum absolute atomic E-state index is 13.0. The maximum Gasteiger partial charge on any atom is 0.259 e. The molecule has 0 radical (unpaired) electrons. The molecule has 1 fully saturated rings. The molecule has 10 heteroatoms. The van der Waals surface area contributed by atoms with Crippen molar-refractivity contribution >= 4 is 56.9 Å². The van der Waals surface area contributed by atoms with Gasteiger partial charge in [-0.3, -0.25) is 4.79 Å². The van der Waals surface area contributed by atoms with E-state index in [4.69, 9.17) is 27.9 Å². The van der Waals surface area contributed by atoms with E-state index in [0.29, 0.717) is 47.5 Å². The number of piperazine rings is 1. The smallest absolute Gasteiger partial charge is 0.259 e. The zero-order valence-corrected chi connectivity index (χ0v) is 18.0. The van der Waals surface area contributed by atoms with E-state index in [2.05, 4.69) is 15.1 Å². The lowest BCUT2D eigenvalue weighted by Gasteiger charge is -2.34. The third kappa shape index (κ3) is 3.69. The average Bonchev–Trinajstić information content (AvgIpc) is 3.41. The summed E-state index contributed by atoms with van der Waals surface area (Å²) in [6.45, 7) is 2.45. The van der Waals surface area contributed by atoms with Gasteiger partial charge in [0.05, 0.1) is 22.0 Å². The summed E-state index contributed by atoms with van der Waals surface area (Å²) in [6.07, 6.45) is 0. The molecule has 0 spiro atoms. The molecule has 0 bridgehead atoms. The summed E-state index contributed by atoms with van der Waals surface area (Å²) in [5, 5.41) is 13.1. The molecule has 0 atom stereocenters. The van der Waals surface area contributed by atoms with E-state index in [1.807, 2.05) is 17.5 Å². The summed E-state index contributed by atoms with van der Waals surface area (Å²) in [4.78, 5) is 18.0. The molecular weight excluding hydrogens is 439 g/mol. The summed E-state index contributed by atoms with van der Waals surface area (Å²) < 4.78 is 5.31. The lowest BCUT2D eigenvalue weighted by Crippen LogP contribution is -2.49. The van der Waals surface area contributed by atoms with E-state index in [0.717, 1.165) is 15.0 Å². The Hall–Kier alpha value is -1.87. The monoisotopic (exact) mass is 454 g/mol. The number of carbonyl (C=O) groups is 1. The van der Waals surface area contributed by atoms with Gasteiger partial charge in [0.15, 0.2) is 10.8 Å². The standard InChI is InChI=1S/C18H16Cl2N4O2S2/c1-26-15-12(20)5-4-11(19)14(15)17(25)23-6-8-24(9-7-23)18-22-21-16(28-18)13-3-2-10-27-13/h2-5,10H,6-9H2,1H3. The van der Waals surface area contributed by atoms with Crippen molar-refractivity contribution in [1.29, 1.82) is 0 Å². The fraction of sp³-hybridized carbons (Fsp3) is 0.278. The molecule has 4 rings (SSSR count). The van der Waals surface area contributed by atoms with Gasteiger partial charge in [0.2, 0.25) is 5.13 Å². The molecule has 1 saturated heterocycles. The molecule has 1 aliphatic rings. The zero-order valence-electron chi connectivity index (χ0n) is 14.9. The fourth-order valence-corrected chi connectivity index (χ4v) is 5.19. The molecule has 146 valence electrons. The molecule has 0 saturated carbocycles. The second-order valence-corrected chi connectivity index (χ2v) is 8.80. The van der Waals surface area contributed by atoms with Crippen LogP contribution in [0.15, 0.2) is 29.6 Å². The van der Waals surface area contributed by atoms with Crippen molar-refractivity contribution in [1.82, 2.24) is 15.1 Å². The van der Waals surface area contributed by atoms with Crippen LogP contribution in [0.4, 0.5) is 5.13 Å². The van der Waals surface area contributed by atoms with E-state index in [9.17, 15) is 4.79 Å². The van der Waals surface area contributed by atoms with Gasteiger partial charge in [-0.25, -0.2) is 0 Å². The van der Waals surface area contributed by atoms with Gasteiger partial charge in [-0.1, -0.05) is 40.6 Å². The van der Waals surface area contributed by atoms with Crippen LogP contribution >= 0.6 is 45.9 Å². The van der Waals surface area contributed by atoms with Gasteiger partial charge in [-0.2, -0.15) is 0 Å². The molecule has 6 nitrogen and oxygen atoms in total. The van der Waals surface area contributed by atoms with Gasteiger partial charge in [0, 0.05) is 26.2 Å². The number of benzene rings is 1. The molecule has 3 aromatic rings. The number of hydrogen-bond donors (Lipinski definition) is 0. The minimum absolute atomic E-state index is 0.180. The molecule has 28 heavy (non-hydrogen) atoms. The maximum atomic E-state index is 13.0. The lowest BCUT2D eigenvalue weighted by atomic mass is 10.1. The van der Waals surface area contributed by atoms with Crippen LogP contribution in [0.25, 0.3) is 9.88 Å². The minimum atomic E-state index is -0.180. The topological polar surface area (TPSA) is 58.6 Å². The van der Waals surface area contributed by atoms with E-state index >= 15 is 0 Å². The molecule has 0 N–H and O–H groups in total. The largest absolute Gasteiger partial charge is 0.494 e. The van der Waals surface area contributed by atoms with Crippen molar-refractivity contribution in [2.24, 2.45) is 0 Å². The second kappa shape index (κ2) is 8.24. The molecular formula is C18H16Cl2N4O2S2. The lowest BCUT2D eigenvalue weighted by molar-refractivity contribution is 0.0743. The van der Waals surface area contributed by atoms with Gasteiger partial charge >= 0.3 is 0 Å². The number of carbonyl (C=O) groups excluding carboxylic acids is 1. The normalized spacial score (nSPS) is 14.4. The Bertz CT molecular complexity index is 986. The number of ether oxygens (including phenoxy) is 1. The van der Waals surface area contributed by atoms with Crippen molar-refractivity contribution in [2.75, 3.05) is 38.2 Å². The van der Waals surface area contributed by atoms with Crippen molar-refractivity contribution in [3.8, 4) is 15.6 Å². The van der Waals surface area contributed by atoms with Gasteiger partial charge in [0.1, 0.15) is 5.56 Å². The van der Waals surface area contributed by atoms with Gasteiger partial charge in [-0.05, 0) is 23.6 Å². The summed E-state index contributed by atoms with van der Waals surface area (Å²) in [7, 11) is 1.48. The third-order valence-corrected chi connectivity index (χ3v) is 7.10. The fourth-order valence-electron chi connectivity index (χ4n) is 3.03. The third-order valence-electron chi connectivity index (χ3n) is 4.46. The summed E-state index contributed by atoms with van der Waals surface area (Å²) in [5.74, 6) is 0.131. The first kappa shape index (κ1) is 19.4. The van der Waals surface area contributed by atoms with Crippen LogP contribution in [-0.2, 0) is 0 Å². The van der Waals surface area contributed by atoms with Crippen molar-refractivity contribution < 1.29 is 9.53 Å². The Labute approximate surface area is 180 Å². The number of thiophene rings is 1. The highest BCUT2D eigenvalue weighted by molar-refractivity contribution is 7.22. The molecule has 1 amide bonds. The van der Waals surface area contributed by atoms with Crippen LogP contribution in [0.2, 0.25) is 10.0 Å². The van der Waals surface area contributed by atoms with Crippen LogP contribution < -0.4 is 9.64 Å². The van der Waals surface area contributed by atoms with Crippen LogP contribution in [0.3, 0.4) is 0 Å².